The summed E-state index contributed by atoms with van der Waals surface area (Å²) in [6.45, 7) is 6.16. The molecule has 0 aliphatic carbocycles. The van der Waals surface area contributed by atoms with Crippen LogP contribution in [0.15, 0.2) is 18.2 Å². The maximum atomic E-state index is 12.6. The average Bonchev–Trinajstić information content (AvgIpc) is 2.45. The van der Waals surface area contributed by atoms with Crippen molar-refractivity contribution in [3.63, 3.8) is 0 Å². The maximum Gasteiger partial charge on any atom is 0.256 e. The molecule has 1 amide bonds. The molecule has 0 atom stereocenters. The Morgan fingerprint density at radius 3 is 2.70 bits per heavy atom. The number of benzene rings is 1. The largest absolute Gasteiger partial charge is 0.384 e. The molecule has 0 radical (unpaired) electrons. The van der Waals surface area contributed by atoms with Gasteiger partial charge in [0.1, 0.15) is 0 Å². The smallest absolute Gasteiger partial charge is 0.256 e. The second kappa shape index (κ2) is 6.88. The molecule has 1 saturated heterocycles. The zero-order valence-corrected chi connectivity index (χ0v) is 13.0. The average molecular weight is 294 g/mol. The highest BCUT2D eigenvalue weighted by atomic mass is 32.2. The molecule has 1 aromatic carbocycles. The fourth-order valence-electron chi connectivity index (χ4n) is 2.26. The molecule has 1 fully saturated rings. The van der Waals surface area contributed by atoms with E-state index in [0.29, 0.717) is 24.6 Å². The van der Waals surface area contributed by atoms with Crippen LogP contribution in [0.3, 0.4) is 0 Å². The molecule has 0 spiro atoms. The summed E-state index contributed by atoms with van der Waals surface area (Å²) >= 11 is 0. The second-order valence-corrected chi connectivity index (χ2v) is 6.81. The van der Waals surface area contributed by atoms with Gasteiger partial charge in [0.05, 0.1) is 5.56 Å². The van der Waals surface area contributed by atoms with Gasteiger partial charge in [-0.25, -0.2) is 0 Å². The van der Waals surface area contributed by atoms with Crippen LogP contribution in [-0.4, -0.2) is 46.2 Å². The van der Waals surface area contributed by atoms with Gasteiger partial charge in [-0.1, -0.05) is 13.0 Å². The lowest BCUT2D eigenvalue weighted by molar-refractivity contribution is 0.0772. The SMILES string of the molecule is CCCNc1cc(C)ccc1C(=O)N1CCS(=O)CC1. The Morgan fingerprint density at radius 1 is 1.35 bits per heavy atom. The highest BCUT2D eigenvalue weighted by Crippen LogP contribution is 2.20. The third-order valence-corrected chi connectivity index (χ3v) is 4.71. The van der Waals surface area contributed by atoms with Crippen LogP contribution in [0.2, 0.25) is 0 Å². The van der Waals surface area contributed by atoms with Crippen molar-refractivity contribution in [2.24, 2.45) is 0 Å². The van der Waals surface area contributed by atoms with Gasteiger partial charge < -0.3 is 10.2 Å². The highest BCUT2D eigenvalue weighted by Gasteiger charge is 2.23. The van der Waals surface area contributed by atoms with Crippen molar-refractivity contribution >= 4 is 22.4 Å². The Bertz CT molecular complexity index is 507. The third kappa shape index (κ3) is 3.60. The molecule has 1 aliphatic rings. The van der Waals surface area contributed by atoms with Crippen LogP contribution in [0, 0.1) is 6.92 Å². The Balaban J connectivity index is 2.18. The number of anilines is 1. The van der Waals surface area contributed by atoms with Gasteiger partial charge in [0.25, 0.3) is 5.91 Å². The summed E-state index contributed by atoms with van der Waals surface area (Å²) in [5.74, 6) is 1.23. The first kappa shape index (κ1) is 15.0. The Morgan fingerprint density at radius 2 is 2.05 bits per heavy atom. The lowest BCUT2D eigenvalue weighted by Crippen LogP contribution is -2.42. The lowest BCUT2D eigenvalue weighted by atomic mass is 10.1. The molecule has 4 nitrogen and oxygen atoms in total. The summed E-state index contributed by atoms with van der Waals surface area (Å²) in [5, 5.41) is 3.33. The van der Waals surface area contributed by atoms with Crippen LogP contribution in [0.4, 0.5) is 5.69 Å². The van der Waals surface area contributed by atoms with Crippen molar-refractivity contribution in [2.45, 2.75) is 20.3 Å². The van der Waals surface area contributed by atoms with Gasteiger partial charge in [0.2, 0.25) is 0 Å². The molecule has 1 aromatic rings. The van der Waals surface area contributed by atoms with Crippen LogP contribution in [0.5, 0.6) is 0 Å². The van der Waals surface area contributed by atoms with Gasteiger partial charge in [-0.05, 0) is 31.0 Å². The number of rotatable bonds is 4. The molecule has 1 aliphatic heterocycles. The van der Waals surface area contributed by atoms with Gasteiger partial charge in [0, 0.05) is 47.6 Å². The van der Waals surface area contributed by atoms with Crippen molar-refractivity contribution in [2.75, 3.05) is 36.5 Å². The first-order valence-corrected chi connectivity index (χ1v) is 8.59. The lowest BCUT2D eigenvalue weighted by Gasteiger charge is -2.27. The minimum absolute atomic E-state index is 0.0419. The molecule has 1 N–H and O–H groups in total. The van der Waals surface area contributed by atoms with Gasteiger partial charge in [-0.2, -0.15) is 0 Å². The normalized spacial score (nSPS) is 16.2. The van der Waals surface area contributed by atoms with E-state index in [-0.39, 0.29) is 5.91 Å². The van der Waals surface area contributed by atoms with Crippen molar-refractivity contribution in [1.82, 2.24) is 4.90 Å². The van der Waals surface area contributed by atoms with E-state index >= 15 is 0 Å². The van der Waals surface area contributed by atoms with E-state index in [4.69, 9.17) is 0 Å². The van der Waals surface area contributed by atoms with Gasteiger partial charge >= 0.3 is 0 Å². The Hall–Kier alpha value is -1.36. The summed E-state index contributed by atoms with van der Waals surface area (Å²) in [5.41, 5.74) is 2.76. The fourth-order valence-corrected chi connectivity index (χ4v) is 3.31. The second-order valence-electron chi connectivity index (χ2n) is 5.12. The van der Waals surface area contributed by atoms with E-state index in [1.807, 2.05) is 30.0 Å². The summed E-state index contributed by atoms with van der Waals surface area (Å²) in [6.07, 6.45) is 1.02. The van der Waals surface area contributed by atoms with E-state index in [2.05, 4.69) is 12.2 Å². The first-order chi connectivity index (χ1) is 9.61. The van der Waals surface area contributed by atoms with E-state index in [9.17, 15) is 9.00 Å². The van der Waals surface area contributed by atoms with E-state index in [1.54, 1.807) is 0 Å². The van der Waals surface area contributed by atoms with Gasteiger partial charge in [-0.3, -0.25) is 9.00 Å². The highest BCUT2D eigenvalue weighted by molar-refractivity contribution is 7.85. The summed E-state index contributed by atoms with van der Waals surface area (Å²) in [6, 6.07) is 5.87. The first-order valence-electron chi connectivity index (χ1n) is 7.10. The van der Waals surface area contributed by atoms with E-state index in [0.717, 1.165) is 29.8 Å². The van der Waals surface area contributed by atoms with Gasteiger partial charge in [-0.15, -0.1) is 0 Å². The molecule has 1 heterocycles. The fraction of sp³-hybridized carbons (Fsp3) is 0.533. The van der Waals surface area contributed by atoms with Crippen LogP contribution in [0.25, 0.3) is 0 Å². The molecule has 110 valence electrons. The number of hydrogen-bond acceptors (Lipinski definition) is 3. The standard InChI is InChI=1S/C15H22N2O2S/c1-3-6-16-14-11-12(2)4-5-13(14)15(18)17-7-9-20(19)10-8-17/h4-5,11,16H,3,6-10H2,1-2H3. The van der Waals surface area contributed by atoms with Crippen LogP contribution >= 0.6 is 0 Å². The molecule has 2 rings (SSSR count). The molecule has 5 heteroatoms. The van der Waals surface area contributed by atoms with E-state index < -0.39 is 10.8 Å². The molecule has 0 saturated carbocycles. The number of carbonyl (C=O) groups excluding carboxylic acids is 1. The summed E-state index contributed by atoms with van der Waals surface area (Å²) in [7, 11) is -0.757. The molecular formula is C15H22N2O2S. The molecular weight excluding hydrogens is 272 g/mol. The molecule has 0 unspecified atom stereocenters. The number of aryl methyl sites for hydroxylation is 1. The number of carbonyl (C=O) groups is 1. The zero-order chi connectivity index (χ0) is 14.5. The van der Waals surface area contributed by atoms with Crippen LogP contribution < -0.4 is 5.32 Å². The predicted octanol–water partition coefficient (Wildman–Crippen LogP) is 2.02. The number of nitrogens with one attached hydrogen (secondary N) is 1. The van der Waals surface area contributed by atoms with Crippen molar-refractivity contribution in [3.05, 3.63) is 29.3 Å². The zero-order valence-electron chi connectivity index (χ0n) is 12.1. The van der Waals surface area contributed by atoms with Crippen molar-refractivity contribution < 1.29 is 9.00 Å². The maximum absolute atomic E-state index is 12.6. The van der Waals surface area contributed by atoms with Crippen LogP contribution in [-0.2, 0) is 10.8 Å². The molecule has 20 heavy (non-hydrogen) atoms. The number of nitrogens with zero attached hydrogens (tertiary/aromatic N) is 1. The minimum atomic E-state index is -0.757. The number of amides is 1. The van der Waals surface area contributed by atoms with Gasteiger partial charge in [0.15, 0.2) is 0 Å². The summed E-state index contributed by atoms with van der Waals surface area (Å²) < 4.78 is 11.4. The summed E-state index contributed by atoms with van der Waals surface area (Å²) in [4.78, 5) is 14.4. The van der Waals surface area contributed by atoms with E-state index in [1.165, 1.54) is 0 Å². The Kier molecular flexibility index (Phi) is 5.17. The monoisotopic (exact) mass is 294 g/mol. The molecule has 0 bridgehead atoms. The molecule has 0 aromatic heterocycles. The predicted molar refractivity (Wildman–Crippen MR) is 83.7 cm³/mol. The van der Waals surface area contributed by atoms with Crippen molar-refractivity contribution in [3.8, 4) is 0 Å². The topological polar surface area (TPSA) is 49.4 Å². The Labute approximate surface area is 123 Å². The minimum Gasteiger partial charge on any atom is -0.384 e. The van der Waals surface area contributed by atoms with Crippen molar-refractivity contribution in [1.29, 1.82) is 0 Å². The number of hydrogen-bond donors (Lipinski definition) is 1. The van der Waals surface area contributed by atoms with Crippen LogP contribution in [0.1, 0.15) is 29.3 Å². The quantitative estimate of drug-likeness (QED) is 0.924. The third-order valence-electron chi connectivity index (χ3n) is 3.44.